The molecule has 4 aromatic rings. The molecule has 0 radical (unpaired) electrons. The molecule has 2 aromatic heterocycles. The van der Waals surface area contributed by atoms with Gasteiger partial charge in [0, 0.05) is 0 Å². The smallest absolute Gasteiger partial charge is 0.406 e. The molecule has 0 aliphatic heterocycles. The summed E-state index contributed by atoms with van der Waals surface area (Å²) in [6.45, 7) is 1.79. The zero-order valence-corrected chi connectivity index (χ0v) is 15.6. The number of aromatic nitrogens is 4. The SMILES string of the molecule is CC(Nc1nc2c(cnn2-c2ccccc2)c(=O)[nH]1)c1ccc(OC(F)(F)F)cc1. The second-order valence-corrected chi connectivity index (χ2v) is 6.53. The van der Waals surface area contributed by atoms with Gasteiger partial charge in [-0.05, 0) is 36.8 Å². The van der Waals surface area contributed by atoms with E-state index < -0.39 is 6.36 Å². The largest absolute Gasteiger partial charge is 0.573 e. The monoisotopic (exact) mass is 415 g/mol. The van der Waals surface area contributed by atoms with Crippen LogP contribution in [0.1, 0.15) is 18.5 Å². The van der Waals surface area contributed by atoms with Crippen LogP contribution in [-0.4, -0.2) is 26.1 Å². The molecular formula is C20H16F3N5O2. The lowest BCUT2D eigenvalue weighted by Crippen LogP contribution is -2.17. The lowest BCUT2D eigenvalue weighted by Gasteiger charge is -2.16. The summed E-state index contributed by atoms with van der Waals surface area (Å²) in [5, 5.41) is 7.64. The van der Waals surface area contributed by atoms with Gasteiger partial charge < -0.3 is 10.1 Å². The summed E-state index contributed by atoms with van der Waals surface area (Å²) in [5.41, 5.74) is 1.47. The van der Waals surface area contributed by atoms with Crippen LogP contribution in [0.5, 0.6) is 5.75 Å². The van der Waals surface area contributed by atoms with Crippen molar-refractivity contribution in [3.05, 3.63) is 76.7 Å². The third-order valence-corrected chi connectivity index (χ3v) is 4.41. The molecule has 2 aromatic carbocycles. The summed E-state index contributed by atoms with van der Waals surface area (Å²) in [6.07, 6.45) is -3.30. The summed E-state index contributed by atoms with van der Waals surface area (Å²) in [5.74, 6) is -0.0912. The number of halogens is 3. The standard InChI is InChI=1S/C20H16F3N5O2/c1-12(13-7-9-15(10-8-13)30-20(21,22)23)25-19-26-17-16(18(29)27-19)11-24-28(17)14-5-3-2-4-6-14/h2-12H,1H3,(H2,25,26,27,29). The first-order valence-electron chi connectivity index (χ1n) is 8.96. The Morgan fingerprint density at radius 2 is 1.80 bits per heavy atom. The number of rotatable bonds is 5. The van der Waals surface area contributed by atoms with E-state index in [-0.39, 0.29) is 23.3 Å². The van der Waals surface area contributed by atoms with Crippen LogP contribution in [0.25, 0.3) is 16.7 Å². The minimum absolute atomic E-state index is 0.216. The van der Waals surface area contributed by atoms with Crippen molar-refractivity contribution in [2.45, 2.75) is 19.3 Å². The van der Waals surface area contributed by atoms with E-state index >= 15 is 0 Å². The van der Waals surface area contributed by atoms with Crippen LogP contribution in [0.4, 0.5) is 19.1 Å². The molecular weight excluding hydrogens is 399 g/mol. The van der Waals surface area contributed by atoms with Gasteiger partial charge in [0.25, 0.3) is 5.56 Å². The molecule has 0 aliphatic carbocycles. The van der Waals surface area contributed by atoms with Crippen LogP contribution in [0, 0.1) is 0 Å². The quantitative estimate of drug-likeness (QED) is 0.511. The molecule has 7 nitrogen and oxygen atoms in total. The number of benzene rings is 2. The second kappa shape index (κ2) is 7.54. The number of H-pyrrole nitrogens is 1. The van der Waals surface area contributed by atoms with Crippen LogP contribution >= 0.6 is 0 Å². The molecule has 2 N–H and O–H groups in total. The molecule has 4 rings (SSSR count). The molecule has 0 amide bonds. The highest BCUT2D eigenvalue weighted by molar-refractivity contribution is 5.76. The highest BCUT2D eigenvalue weighted by atomic mass is 19.4. The second-order valence-electron chi connectivity index (χ2n) is 6.53. The third-order valence-electron chi connectivity index (χ3n) is 4.41. The van der Waals surface area contributed by atoms with Crippen molar-refractivity contribution < 1.29 is 17.9 Å². The molecule has 1 unspecified atom stereocenters. The predicted octanol–water partition coefficient (Wildman–Crippen LogP) is 4.18. The Bertz CT molecular complexity index is 1220. The highest BCUT2D eigenvalue weighted by Crippen LogP contribution is 2.25. The average molecular weight is 415 g/mol. The molecule has 0 bridgehead atoms. The highest BCUT2D eigenvalue weighted by Gasteiger charge is 2.31. The fourth-order valence-electron chi connectivity index (χ4n) is 2.99. The maximum atomic E-state index is 12.4. The van der Waals surface area contributed by atoms with Crippen LogP contribution in [0.2, 0.25) is 0 Å². The van der Waals surface area contributed by atoms with Crippen LogP contribution in [0.3, 0.4) is 0 Å². The lowest BCUT2D eigenvalue weighted by molar-refractivity contribution is -0.274. The van der Waals surface area contributed by atoms with Gasteiger partial charge in [0.1, 0.15) is 11.1 Å². The number of para-hydroxylation sites is 1. The number of anilines is 1. The number of nitrogens with zero attached hydrogens (tertiary/aromatic N) is 3. The van der Waals surface area contributed by atoms with Gasteiger partial charge in [0.05, 0.1) is 17.9 Å². The Labute approximate surface area is 168 Å². The summed E-state index contributed by atoms with van der Waals surface area (Å²) in [4.78, 5) is 19.5. The Balaban J connectivity index is 1.60. The summed E-state index contributed by atoms with van der Waals surface area (Å²) in [7, 11) is 0. The van der Waals surface area contributed by atoms with Gasteiger partial charge in [-0.3, -0.25) is 9.78 Å². The first kappa shape index (κ1) is 19.5. The third kappa shape index (κ3) is 4.12. The Morgan fingerprint density at radius 3 is 2.47 bits per heavy atom. The van der Waals surface area contributed by atoms with Crippen molar-refractivity contribution >= 4 is 17.0 Å². The van der Waals surface area contributed by atoms with Crippen LogP contribution in [0.15, 0.2) is 65.6 Å². The molecule has 0 aliphatic rings. The fraction of sp³-hybridized carbons (Fsp3) is 0.150. The molecule has 0 spiro atoms. The topological polar surface area (TPSA) is 84.8 Å². The van der Waals surface area contributed by atoms with E-state index in [9.17, 15) is 18.0 Å². The maximum Gasteiger partial charge on any atom is 0.573 e. The summed E-state index contributed by atoms with van der Waals surface area (Å²) >= 11 is 0. The summed E-state index contributed by atoms with van der Waals surface area (Å²) in [6, 6.07) is 14.4. The van der Waals surface area contributed by atoms with Crippen LogP contribution in [-0.2, 0) is 0 Å². The van der Waals surface area contributed by atoms with Gasteiger partial charge in [-0.15, -0.1) is 13.2 Å². The van der Waals surface area contributed by atoms with E-state index in [1.165, 1.54) is 30.5 Å². The van der Waals surface area contributed by atoms with Crippen molar-refractivity contribution in [3.8, 4) is 11.4 Å². The van der Waals surface area contributed by atoms with E-state index in [2.05, 4.69) is 25.1 Å². The fourth-order valence-corrected chi connectivity index (χ4v) is 2.99. The van der Waals surface area contributed by atoms with E-state index in [1.54, 1.807) is 11.6 Å². The Kier molecular flexibility index (Phi) is 4.90. The number of hydrogen-bond acceptors (Lipinski definition) is 5. The summed E-state index contributed by atoms with van der Waals surface area (Å²) < 4.78 is 42.3. The zero-order chi connectivity index (χ0) is 21.3. The number of fused-ring (bicyclic) bond motifs is 1. The lowest BCUT2D eigenvalue weighted by atomic mass is 10.1. The maximum absolute atomic E-state index is 12.4. The van der Waals surface area contributed by atoms with Gasteiger partial charge in [-0.25, -0.2) is 4.68 Å². The normalized spacial score (nSPS) is 12.7. The number of hydrogen-bond donors (Lipinski definition) is 2. The van der Waals surface area contributed by atoms with E-state index in [1.807, 2.05) is 30.3 Å². The minimum Gasteiger partial charge on any atom is -0.406 e. The number of ether oxygens (including phenoxy) is 1. The van der Waals surface area contributed by atoms with Crippen LogP contribution < -0.4 is 15.6 Å². The van der Waals surface area contributed by atoms with Gasteiger partial charge in [-0.1, -0.05) is 30.3 Å². The number of nitrogens with one attached hydrogen (secondary N) is 2. The van der Waals surface area contributed by atoms with Gasteiger partial charge in [0.2, 0.25) is 5.95 Å². The van der Waals surface area contributed by atoms with E-state index in [0.29, 0.717) is 16.6 Å². The molecule has 10 heteroatoms. The van der Waals surface area contributed by atoms with Crippen molar-refractivity contribution in [2.75, 3.05) is 5.32 Å². The Morgan fingerprint density at radius 1 is 1.10 bits per heavy atom. The van der Waals surface area contributed by atoms with E-state index in [0.717, 1.165) is 5.69 Å². The molecule has 1 atom stereocenters. The molecule has 154 valence electrons. The molecule has 0 saturated carbocycles. The molecule has 0 fully saturated rings. The number of alkyl halides is 3. The van der Waals surface area contributed by atoms with Gasteiger partial charge in [0.15, 0.2) is 5.65 Å². The zero-order valence-electron chi connectivity index (χ0n) is 15.6. The van der Waals surface area contributed by atoms with Crippen molar-refractivity contribution in [2.24, 2.45) is 0 Å². The van der Waals surface area contributed by atoms with Gasteiger partial charge in [-0.2, -0.15) is 10.1 Å². The minimum atomic E-state index is -4.74. The van der Waals surface area contributed by atoms with Crippen molar-refractivity contribution in [1.82, 2.24) is 19.7 Å². The molecule has 0 saturated heterocycles. The number of aromatic amines is 1. The Hall–Kier alpha value is -3.82. The van der Waals surface area contributed by atoms with Gasteiger partial charge >= 0.3 is 6.36 Å². The van der Waals surface area contributed by atoms with E-state index in [4.69, 9.17) is 0 Å². The predicted molar refractivity (Wildman–Crippen MR) is 105 cm³/mol. The molecule has 2 heterocycles. The first-order chi connectivity index (χ1) is 14.3. The first-order valence-corrected chi connectivity index (χ1v) is 8.96. The van der Waals surface area contributed by atoms with Crippen molar-refractivity contribution in [1.29, 1.82) is 0 Å². The molecule has 30 heavy (non-hydrogen) atoms. The van der Waals surface area contributed by atoms with Crippen molar-refractivity contribution in [3.63, 3.8) is 0 Å². The average Bonchev–Trinajstić information content (AvgIpc) is 3.12.